The lowest BCUT2D eigenvalue weighted by molar-refractivity contribution is 0.202. The third kappa shape index (κ3) is 4.05. The van der Waals surface area contributed by atoms with Crippen molar-refractivity contribution in [1.82, 2.24) is 4.98 Å². The van der Waals surface area contributed by atoms with Crippen LogP contribution in [0, 0.1) is 0 Å². The molecule has 106 valence electrons. The molecule has 0 spiro atoms. The second-order valence-corrected chi connectivity index (χ2v) is 4.71. The number of ether oxygens (including phenoxy) is 2. The molecule has 0 aliphatic carbocycles. The minimum absolute atomic E-state index is 0.0170. The number of nitrogens with zero attached hydrogens (tertiary/aromatic N) is 1. The van der Waals surface area contributed by atoms with Gasteiger partial charge >= 0.3 is 0 Å². The summed E-state index contributed by atoms with van der Waals surface area (Å²) in [6.45, 7) is 2.65. The highest BCUT2D eigenvalue weighted by molar-refractivity contribution is 5.31. The van der Waals surface area contributed by atoms with Gasteiger partial charge in [0.15, 0.2) is 0 Å². The van der Waals surface area contributed by atoms with Gasteiger partial charge in [-0.1, -0.05) is 18.2 Å². The molecule has 1 heterocycles. The molecule has 0 saturated carbocycles. The van der Waals surface area contributed by atoms with Crippen LogP contribution in [0.5, 0.6) is 11.6 Å². The van der Waals surface area contributed by atoms with Gasteiger partial charge in [-0.3, -0.25) is 0 Å². The third-order valence-corrected chi connectivity index (χ3v) is 3.03. The second-order valence-electron chi connectivity index (χ2n) is 4.71. The second kappa shape index (κ2) is 7.03. The highest BCUT2D eigenvalue weighted by atomic mass is 16.5. The number of methoxy groups -OCH3 is 1. The maximum absolute atomic E-state index is 5.78. The van der Waals surface area contributed by atoms with Crippen LogP contribution in [-0.2, 0) is 11.2 Å². The summed E-state index contributed by atoms with van der Waals surface area (Å²) in [7, 11) is 1.70. The molecule has 2 aromatic rings. The molecule has 4 nitrogen and oxygen atoms in total. The fourth-order valence-corrected chi connectivity index (χ4v) is 1.79. The van der Waals surface area contributed by atoms with Crippen molar-refractivity contribution in [1.29, 1.82) is 0 Å². The first kappa shape index (κ1) is 14.5. The van der Waals surface area contributed by atoms with E-state index in [-0.39, 0.29) is 6.04 Å². The summed E-state index contributed by atoms with van der Waals surface area (Å²) in [5.41, 5.74) is 8.00. The molecule has 0 unspecified atom stereocenters. The Labute approximate surface area is 119 Å². The summed E-state index contributed by atoms with van der Waals surface area (Å²) < 4.78 is 10.7. The summed E-state index contributed by atoms with van der Waals surface area (Å²) in [6, 6.07) is 11.7. The first-order chi connectivity index (χ1) is 9.69. The molecule has 1 aromatic carbocycles. The van der Waals surface area contributed by atoms with Crippen molar-refractivity contribution >= 4 is 0 Å². The van der Waals surface area contributed by atoms with Gasteiger partial charge in [0.2, 0.25) is 5.88 Å². The molecular formula is C16H20N2O2. The Morgan fingerprint density at radius 3 is 2.45 bits per heavy atom. The van der Waals surface area contributed by atoms with Crippen LogP contribution in [0.1, 0.15) is 24.1 Å². The van der Waals surface area contributed by atoms with Gasteiger partial charge in [0, 0.05) is 25.4 Å². The van der Waals surface area contributed by atoms with Crippen LogP contribution in [0.25, 0.3) is 0 Å². The average Bonchev–Trinajstić information content (AvgIpc) is 2.47. The summed E-state index contributed by atoms with van der Waals surface area (Å²) in [6.07, 6.45) is 2.64. The lowest BCUT2D eigenvalue weighted by Crippen LogP contribution is -2.05. The number of rotatable bonds is 6. The van der Waals surface area contributed by atoms with E-state index in [1.807, 2.05) is 43.3 Å². The van der Waals surface area contributed by atoms with E-state index in [0.29, 0.717) is 5.88 Å². The molecular weight excluding hydrogens is 252 g/mol. The van der Waals surface area contributed by atoms with Crippen LogP contribution < -0.4 is 10.5 Å². The van der Waals surface area contributed by atoms with E-state index in [4.69, 9.17) is 15.2 Å². The minimum atomic E-state index is -0.0170. The van der Waals surface area contributed by atoms with Gasteiger partial charge < -0.3 is 15.2 Å². The Morgan fingerprint density at radius 2 is 1.90 bits per heavy atom. The molecule has 2 N–H and O–H groups in total. The molecule has 4 heteroatoms. The van der Waals surface area contributed by atoms with Crippen LogP contribution in [0.4, 0.5) is 0 Å². The van der Waals surface area contributed by atoms with Gasteiger partial charge in [-0.2, -0.15) is 0 Å². The minimum Gasteiger partial charge on any atom is -0.439 e. The highest BCUT2D eigenvalue weighted by Crippen LogP contribution is 2.21. The fourth-order valence-electron chi connectivity index (χ4n) is 1.79. The van der Waals surface area contributed by atoms with Crippen LogP contribution in [-0.4, -0.2) is 18.7 Å². The maximum atomic E-state index is 5.78. The monoisotopic (exact) mass is 272 g/mol. The maximum Gasteiger partial charge on any atom is 0.219 e. The zero-order valence-electron chi connectivity index (χ0n) is 11.9. The molecule has 0 saturated heterocycles. The topological polar surface area (TPSA) is 57.4 Å². The van der Waals surface area contributed by atoms with Crippen molar-refractivity contribution in [3.63, 3.8) is 0 Å². The van der Waals surface area contributed by atoms with Crippen molar-refractivity contribution in [3.05, 3.63) is 53.7 Å². The predicted molar refractivity (Wildman–Crippen MR) is 78.9 cm³/mol. The number of pyridine rings is 1. The Hall–Kier alpha value is -1.91. The summed E-state index contributed by atoms with van der Waals surface area (Å²) in [5, 5.41) is 0. The number of nitrogens with two attached hydrogens (primary N) is 1. The molecule has 0 aliphatic rings. The van der Waals surface area contributed by atoms with Crippen molar-refractivity contribution in [3.8, 4) is 11.6 Å². The van der Waals surface area contributed by atoms with Crippen LogP contribution in [0.15, 0.2) is 42.6 Å². The Morgan fingerprint density at radius 1 is 1.15 bits per heavy atom. The normalized spacial score (nSPS) is 12.2. The van der Waals surface area contributed by atoms with Crippen LogP contribution in [0.3, 0.4) is 0 Å². The van der Waals surface area contributed by atoms with Gasteiger partial charge in [0.05, 0.1) is 6.61 Å². The van der Waals surface area contributed by atoms with E-state index >= 15 is 0 Å². The van der Waals surface area contributed by atoms with Gasteiger partial charge in [-0.05, 0) is 36.6 Å². The van der Waals surface area contributed by atoms with Gasteiger partial charge in [0.1, 0.15) is 5.75 Å². The van der Waals surface area contributed by atoms with Crippen LogP contribution in [0.2, 0.25) is 0 Å². The summed E-state index contributed by atoms with van der Waals surface area (Å²) in [4.78, 5) is 4.25. The standard InChI is InChI=1S/C16H20N2O2/c1-12(17)14-5-8-16(18-11-14)20-15-6-3-13(4-7-15)9-10-19-2/h3-8,11-12H,9-10,17H2,1-2H3/t12-/m0/s1. The quantitative estimate of drug-likeness (QED) is 0.878. The van der Waals surface area contributed by atoms with Gasteiger partial charge in [-0.15, -0.1) is 0 Å². The number of hydrogen-bond acceptors (Lipinski definition) is 4. The number of aromatic nitrogens is 1. The zero-order chi connectivity index (χ0) is 14.4. The number of benzene rings is 1. The Bertz CT molecular complexity index is 521. The van der Waals surface area contributed by atoms with Crippen molar-refractivity contribution in [2.24, 2.45) is 5.73 Å². The molecule has 0 fully saturated rings. The SMILES string of the molecule is COCCc1ccc(Oc2ccc([C@H](C)N)cn2)cc1. The summed E-state index contributed by atoms with van der Waals surface area (Å²) in [5.74, 6) is 1.34. The van der Waals surface area contributed by atoms with Crippen molar-refractivity contribution < 1.29 is 9.47 Å². The molecule has 0 aliphatic heterocycles. The lowest BCUT2D eigenvalue weighted by atomic mass is 10.1. The van der Waals surface area contributed by atoms with Gasteiger partial charge in [-0.25, -0.2) is 4.98 Å². The predicted octanol–water partition coefficient (Wildman–Crippen LogP) is 3.08. The highest BCUT2D eigenvalue weighted by Gasteiger charge is 2.02. The Kier molecular flexibility index (Phi) is 5.09. The molecule has 0 bridgehead atoms. The van der Waals surface area contributed by atoms with E-state index in [1.165, 1.54) is 5.56 Å². The van der Waals surface area contributed by atoms with E-state index in [0.717, 1.165) is 24.3 Å². The molecule has 2 rings (SSSR count). The third-order valence-electron chi connectivity index (χ3n) is 3.03. The largest absolute Gasteiger partial charge is 0.439 e. The fraction of sp³-hybridized carbons (Fsp3) is 0.312. The van der Waals surface area contributed by atoms with E-state index < -0.39 is 0 Å². The molecule has 20 heavy (non-hydrogen) atoms. The van der Waals surface area contributed by atoms with Gasteiger partial charge in [0.25, 0.3) is 0 Å². The number of hydrogen-bond donors (Lipinski definition) is 1. The van der Waals surface area contributed by atoms with Crippen molar-refractivity contribution in [2.75, 3.05) is 13.7 Å². The van der Waals surface area contributed by atoms with Crippen molar-refractivity contribution in [2.45, 2.75) is 19.4 Å². The van der Waals surface area contributed by atoms with Crippen LogP contribution >= 0.6 is 0 Å². The zero-order valence-corrected chi connectivity index (χ0v) is 11.9. The first-order valence-electron chi connectivity index (χ1n) is 6.66. The van der Waals surface area contributed by atoms with E-state index in [9.17, 15) is 0 Å². The first-order valence-corrected chi connectivity index (χ1v) is 6.66. The summed E-state index contributed by atoms with van der Waals surface area (Å²) >= 11 is 0. The lowest BCUT2D eigenvalue weighted by Gasteiger charge is -2.08. The van der Waals surface area contributed by atoms with E-state index in [2.05, 4.69) is 4.98 Å². The van der Waals surface area contributed by atoms with E-state index in [1.54, 1.807) is 13.3 Å². The average molecular weight is 272 g/mol. The molecule has 0 amide bonds. The Balaban J connectivity index is 1.98. The smallest absolute Gasteiger partial charge is 0.219 e. The molecule has 1 aromatic heterocycles. The molecule has 1 atom stereocenters. The molecule has 0 radical (unpaired) electrons.